The fraction of sp³-hybridized carbons (Fsp3) is 0.500. The number of sulfonamides is 1. The van der Waals surface area contributed by atoms with Crippen LogP contribution in [0.15, 0.2) is 23.1 Å². The van der Waals surface area contributed by atoms with E-state index in [1.165, 1.54) is 13.2 Å². The van der Waals surface area contributed by atoms with E-state index in [1.54, 1.807) is 19.1 Å². The predicted octanol–water partition coefficient (Wildman–Crippen LogP) is 0.460. The number of carboxylic acids is 1. The average molecular weight is 329 g/mol. The third kappa shape index (κ3) is 3.08. The lowest BCUT2D eigenvalue weighted by Crippen LogP contribution is -2.48. The number of aliphatic carboxylic acids is 1. The van der Waals surface area contributed by atoms with Crippen molar-refractivity contribution < 1.29 is 28.2 Å². The van der Waals surface area contributed by atoms with E-state index in [-0.39, 0.29) is 30.2 Å². The molecular formula is C14H19NO6S. The summed E-state index contributed by atoms with van der Waals surface area (Å²) >= 11 is 0. The Hall–Kier alpha value is -1.64. The summed E-state index contributed by atoms with van der Waals surface area (Å²) in [4.78, 5) is 11.2. The van der Waals surface area contributed by atoms with Gasteiger partial charge >= 0.3 is 5.97 Å². The third-order valence-corrected chi connectivity index (χ3v) is 5.68. The number of hydrogen-bond donors (Lipinski definition) is 2. The van der Waals surface area contributed by atoms with Crippen molar-refractivity contribution in [3.63, 3.8) is 0 Å². The maximum absolute atomic E-state index is 12.8. The molecule has 1 saturated heterocycles. The van der Waals surface area contributed by atoms with Crippen molar-refractivity contribution in [3.8, 4) is 5.75 Å². The van der Waals surface area contributed by atoms with E-state index in [0.717, 1.165) is 9.87 Å². The Balaban J connectivity index is 2.39. The fourth-order valence-corrected chi connectivity index (χ4v) is 4.22. The van der Waals surface area contributed by atoms with E-state index in [1.807, 2.05) is 0 Å². The van der Waals surface area contributed by atoms with Crippen molar-refractivity contribution in [3.05, 3.63) is 23.8 Å². The lowest BCUT2D eigenvalue weighted by molar-refractivity contribution is -0.147. The SMILES string of the molecule is COc1ccc(C)cc1S(=O)(=O)N1CC[C@@H](O)[C@@H](C(=O)O)C1. The van der Waals surface area contributed by atoms with E-state index >= 15 is 0 Å². The number of aliphatic hydroxyl groups is 1. The number of hydrogen-bond acceptors (Lipinski definition) is 5. The molecule has 1 aliphatic rings. The van der Waals surface area contributed by atoms with Crippen molar-refractivity contribution in [2.75, 3.05) is 20.2 Å². The molecule has 0 aliphatic carbocycles. The third-order valence-electron chi connectivity index (χ3n) is 3.79. The molecule has 0 saturated carbocycles. The van der Waals surface area contributed by atoms with Crippen LogP contribution in [-0.2, 0) is 14.8 Å². The molecule has 0 unspecified atom stereocenters. The number of carbonyl (C=O) groups is 1. The van der Waals surface area contributed by atoms with Crippen LogP contribution in [-0.4, -0.2) is 55.2 Å². The van der Waals surface area contributed by atoms with Crippen LogP contribution in [0.1, 0.15) is 12.0 Å². The van der Waals surface area contributed by atoms with E-state index in [4.69, 9.17) is 9.84 Å². The number of rotatable bonds is 4. The zero-order valence-electron chi connectivity index (χ0n) is 12.4. The summed E-state index contributed by atoms with van der Waals surface area (Å²) in [7, 11) is -2.50. The van der Waals surface area contributed by atoms with E-state index in [0.29, 0.717) is 0 Å². The van der Waals surface area contributed by atoms with Gasteiger partial charge in [-0.2, -0.15) is 4.31 Å². The second-order valence-electron chi connectivity index (χ2n) is 5.32. The van der Waals surface area contributed by atoms with Gasteiger partial charge in [0, 0.05) is 13.1 Å². The molecule has 1 heterocycles. The van der Waals surface area contributed by atoms with Crippen molar-refractivity contribution in [1.29, 1.82) is 0 Å². The number of methoxy groups -OCH3 is 1. The van der Waals surface area contributed by atoms with Crippen LogP contribution in [0.4, 0.5) is 0 Å². The van der Waals surface area contributed by atoms with Crippen LogP contribution in [0.2, 0.25) is 0 Å². The molecule has 2 N–H and O–H groups in total. The molecule has 0 spiro atoms. The van der Waals surface area contributed by atoms with E-state index in [2.05, 4.69) is 0 Å². The first kappa shape index (κ1) is 16.7. The number of benzene rings is 1. The Morgan fingerprint density at radius 3 is 2.68 bits per heavy atom. The number of carboxylic acid groups (broad SMARTS) is 1. The van der Waals surface area contributed by atoms with Crippen LogP contribution in [0.3, 0.4) is 0 Å². The summed E-state index contributed by atoms with van der Waals surface area (Å²) in [6.45, 7) is 1.58. The molecular weight excluding hydrogens is 310 g/mol. The lowest BCUT2D eigenvalue weighted by atomic mass is 9.96. The van der Waals surface area contributed by atoms with Crippen LogP contribution >= 0.6 is 0 Å². The Morgan fingerprint density at radius 2 is 2.09 bits per heavy atom. The van der Waals surface area contributed by atoms with Gasteiger partial charge in [0.25, 0.3) is 0 Å². The largest absolute Gasteiger partial charge is 0.495 e. The second-order valence-corrected chi connectivity index (χ2v) is 7.22. The van der Waals surface area contributed by atoms with Gasteiger partial charge in [0.15, 0.2) is 0 Å². The molecule has 0 radical (unpaired) electrons. The van der Waals surface area contributed by atoms with E-state index in [9.17, 15) is 18.3 Å². The van der Waals surface area contributed by atoms with Crippen molar-refractivity contribution in [1.82, 2.24) is 4.31 Å². The van der Waals surface area contributed by atoms with Crippen LogP contribution < -0.4 is 4.74 Å². The summed E-state index contributed by atoms with van der Waals surface area (Å²) in [5.74, 6) is -2.12. The van der Waals surface area contributed by atoms with Gasteiger partial charge in [-0.3, -0.25) is 4.79 Å². The smallest absolute Gasteiger partial charge is 0.310 e. The molecule has 1 aromatic rings. The lowest BCUT2D eigenvalue weighted by Gasteiger charge is -2.33. The predicted molar refractivity (Wildman–Crippen MR) is 78.2 cm³/mol. The summed E-state index contributed by atoms with van der Waals surface area (Å²) in [6, 6.07) is 4.79. The van der Waals surface area contributed by atoms with Gasteiger partial charge in [-0.15, -0.1) is 0 Å². The molecule has 0 bridgehead atoms. The molecule has 1 fully saturated rings. The highest BCUT2D eigenvalue weighted by molar-refractivity contribution is 7.89. The first-order valence-electron chi connectivity index (χ1n) is 6.83. The molecule has 0 amide bonds. The summed E-state index contributed by atoms with van der Waals surface area (Å²) in [6.07, 6.45) is -0.951. The fourth-order valence-electron chi connectivity index (χ4n) is 2.50. The highest BCUT2D eigenvalue weighted by Crippen LogP contribution is 2.30. The Bertz CT molecular complexity index is 672. The first-order valence-corrected chi connectivity index (χ1v) is 8.27. The molecule has 0 aromatic heterocycles. The molecule has 8 heteroatoms. The zero-order valence-corrected chi connectivity index (χ0v) is 13.2. The number of ether oxygens (including phenoxy) is 1. The molecule has 1 aromatic carbocycles. The summed E-state index contributed by atoms with van der Waals surface area (Å²) < 4.78 is 31.7. The minimum atomic E-state index is -3.88. The summed E-state index contributed by atoms with van der Waals surface area (Å²) in [5, 5.41) is 18.8. The number of nitrogens with zero attached hydrogens (tertiary/aromatic N) is 1. The number of piperidine rings is 1. The Labute approximate surface area is 129 Å². The average Bonchev–Trinajstić information content (AvgIpc) is 2.47. The van der Waals surface area contributed by atoms with Crippen LogP contribution in [0, 0.1) is 12.8 Å². The monoisotopic (exact) mass is 329 g/mol. The number of aliphatic hydroxyl groups excluding tert-OH is 1. The zero-order chi connectivity index (χ0) is 16.5. The molecule has 22 heavy (non-hydrogen) atoms. The van der Waals surface area contributed by atoms with Gasteiger partial charge in [0.05, 0.1) is 19.1 Å². The van der Waals surface area contributed by atoms with E-state index < -0.39 is 28.0 Å². The molecule has 2 atom stereocenters. The maximum Gasteiger partial charge on any atom is 0.310 e. The molecule has 1 aliphatic heterocycles. The van der Waals surface area contributed by atoms with Crippen molar-refractivity contribution in [2.45, 2.75) is 24.3 Å². The quantitative estimate of drug-likeness (QED) is 0.831. The van der Waals surface area contributed by atoms with Gasteiger partial charge in [-0.05, 0) is 31.0 Å². The first-order chi connectivity index (χ1) is 10.3. The highest BCUT2D eigenvalue weighted by atomic mass is 32.2. The minimum Gasteiger partial charge on any atom is -0.495 e. The van der Waals surface area contributed by atoms with Gasteiger partial charge in [0.2, 0.25) is 10.0 Å². The summed E-state index contributed by atoms with van der Waals surface area (Å²) in [5.41, 5.74) is 0.756. The number of aryl methyl sites for hydroxylation is 1. The van der Waals surface area contributed by atoms with Crippen molar-refractivity contribution in [2.24, 2.45) is 5.92 Å². The minimum absolute atomic E-state index is 0.00975. The van der Waals surface area contributed by atoms with Crippen LogP contribution in [0.25, 0.3) is 0 Å². The van der Waals surface area contributed by atoms with Crippen LogP contribution in [0.5, 0.6) is 5.75 Å². The van der Waals surface area contributed by atoms with Crippen molar-refractivity contribution >= 4 is 16.0 Å². The molecule has 2 rings (SSSR count). The van der Waals surface area contributed by atoms with Gasteiger partial charge in [-0.25, -0.2) is 8.42 Å². The highest BCUT2D eigenvalue weighted by Gasteiger charge is 2.39. The van der Waals surface area contributed by atoms with Gasteiger partial charge < -0.3 is 14.9 Å². The van der Waals surface area contributed by atoms with Gasteiger partial charge in [0.1, 0.15) is 10.6 Å². The second kappa shape index (κ2) is 6.23. The molecule has 7 nitrogen and oxygen atoms in total. The Morgan fingerprint density at radius 1 is 1.41 bits per heavy atom. The Kier molecular flexibility index (Phi) is 4.74. The van der Waals surface area contributed by atoms with Gasteiger partial charge in [-0.1, -0.05) is 6.07 Å². The normalized spacial score (nSPS) is 23.2. The molecule has 122 valence electrons. The maximum atomic E-state index is 12.8. The topological polar surface area (TPSA) is 104 Å². The standard InChI is InChI=1S/C14H19NO6S/c1-9-3-4-12(21-2)13(7-9)22(19,20)15-6-5-11(16)10(8-15)14(17)18/h3-4,7,10-11,16H,5-6,8H2,1-2H3,(H,17,18)/t10-,11+/m0/s1.